The van der Waals surface area contributed by atoms with Gasteiger partial charge in [0.2, 0.25) is 0 Å². The zero-order valence-corrected chi connectivity index (χ0v) is 30.5. The van der Waals surface area contributed by atoms with Crippen LogP contribution < -0.4 is 29.8 Å². The third-order valence-electron chi connectivity index (χ3n) is 9.35. The van der Waals surface area contributed by atoms with E-state index in [1.54, 1.807) is 0 Å². The van der Waals surface area contributed by atoms with Crippen molar-refractivity contribution < 1.29 is 38.7 Å². The molecule has 0 aliphatic carbocycles. The van der Waals surface area contributed by atoms with Crippen LogP contribution in [0.2, 0.25) is 0 Å². The van der Waals surface area contributed by atoms with Crippen LogP contribution in [0.3, 0.4) is 0 Å². The van der Waals surface area contributed by atoms with Gasteiger partial charge in [0.1, 0.15) is 11.1 Å². The Hall–Kier alpha value is -5.52. The van der Waals surface area contributed by atoms with Crippen molar-refractivity contribution in [2.24, 2.45) is 0 Å². The van der Waals surface area contributed by atoms with Crippen LogP contribution in [0.25, 0.3) is 22.5 Å². The Morgan fingerprint density at radius 2 is 0.904 bits per heavy atom. The van der Waals surface area contributed by atoms with E-state index < -0.39 is 22.8 Å². The molecule has 2 aliphatic rings. The van der Waals surface area contributed by atoms with Gasteiger partial charge in [0.15, 0.2) is 33.9 Å². The molecule has 0 fully saturated rings. The minimum Gasteiger partial charge on any atom is -0.490 e. The van der Waals surface area contributed by atoms with Gasteiger partial charge < -0.3 is 38.3 Å². The molecule has 12 nitrogen and oxygen atoms in total. The monoisotopic (exact) mass is 714 g/mol. The lowest BCUT2D eigenvalue weighted by Crippen LogP contribution is -2.25. The molecule has 4 heterocycles. The van der Waals surface area contributed by atoms with Crippen LogP contribution in [0.1, 0.15) is 98.3 Å². The van der Waals surface area contributed by atoms with Crippen LogP contribution in [-0.2, 0) is 12.8 Å². The fraction of sp³-hybridized carbons (Fsp3) is 0.400. The molecule has 4 aromatic rings. The molecule has 0 spiro atoms. The van der Waals surface area contributed by atoms with E-state index >= 15 is 0 Å². The molecule has 52 heavy (non-hydrogen) atoms. The Labute approximate surface area is 302 Å². The number of benzene rings is 2. The number of rotatable bonds is 12. The number of aromatic carboxylic acids is 2. The van der Waals surface area contributed by atoms with Gasteiger partial charge in [-0.15, -0.1) is 0 Å². The van der Waals surface area contributed by atoms with Crippen LogP contribution in [0, 0.1) is 0 Å². The third-order valence-corrected chi connectivity index (χ3v) is 9.35. The highest BCUT2D eigenvalue weighted by atomic mass is 16.5. The number of carboxylic acid groups (broad SMARTS) is 2. The summed E-state index contributed by atoms with van der Waals surface area (Å²) in [5, 5.41) is 18.6. The van der Waals surface area contributed by atoms with Crippen LogP contribution in [-0.4, -0.2) is 57.7 Å². The number of hydrogen-bond acceptors (Lipinski definition) is 8. The van der Waals surface area contributed by atoms with Crippen LogP contribution in [0.5, 0.6) is 23.0 Å². The summed E-state index contributed by atoms with van der Waals surface area (Å²) in [5.41, 5.74) is 3.98. The largest absolute Gasteiger partial charge is 0.490 e. The van der Waals surface area contributed by atoms with E-state index in [0.29, 0.717) is 49.4 Å². The summed E-state index contributed by atoms with van der Waals surface area (Å²) in [6.07, 6.45) is 6.07. The van der Waals surface area contributed by atoms with Gasteiger partial charge in [-0.25, -0.2) is 9.59 Å². The van der Waals surface area contributed by atoms with Crippen molar-refractivity contribution in [3.63, 3.8) is 0 Å². The number of fused-ring (bicyclic) bond motifs is 6. The minimum atomic E-state index is -1.20. The first-order valence-electron chi connectivity index (χ1n) is 17.8. The highest BCUT2D eigenvalue weighted by Gasteiger charge is 2.28. The van der Waals surface area contributed by atoms with Gasteiger partial charge in [0.25, 0.3) is 0 Å². The molecule has 2 aromatic heterocycles. The maximum atomic E-state index is 12.3. The number of nitrogens with zero attached hydrogens (tertiary/aromatic N) is 2. The summed E-state index contributed by atoms with van der Waals surface area (Å²) < 4.78 is 26.7. The lowest BCUT2D eigenvalue weighted by Gasteiger charge is -2.31. The van der Waals surface area contributed by atoms with Crippen LogP contribution >= 0.6 is 0 Å². The van der Waals surface area contributed by atoms with Crippen molar-refractivity contribution >= 4 is 11.9 Å². The topological polar surface area (TPSA) is 156 Å². The molecular weight excluding hydrogens is 668 g/mol. The van der Waals surface area contributed by atoms with Crippen LogP contribution in [0.15, 0.2) is 58.4 Å². The van der Waals surface area contributed by atoms with Crippen molar-refractivity contribution in [1.29, 1.82) is 0 Å². The van der Waals surface area contributed by atoms with E-state index in [0.717, 1.165) is 59.3 Å². The van der Waals surface area contributed by atoms with Gasteiger partial charge in [-0.05, 0) is 88.8 Å². The Morgan fingerprint density at radius 3 is 1.19 bits per heavy atom. The first-order chi connectivity index (χ1) is 25.0. The second-order valence-corrected chi connectivity index (χ2v) is 12.5. The molecule has 12 heteroatoms. The molecule has 2 N–H and O–H groups in total. The summed E-state index contributed by atoms with van der Waals surface area (Å²) in [6.45, 7) is 13.8. The van der Waals surface area contributed by atoms with Gasteiger partial charge in [0, 0.05) is 47.7 Å². The van der Waals surface area contributed by atoms with Gasteiger partial charge in [0.05, 0.1) is 37.8 Å². The highest BCUT2D eigenvalue weighted by Crippen LogP contribution is 2.43. The summed E-state index contributed by atoms with van der Waals surface area (Å²) in [4.78, 5) is 47.2. The summed E-state index contributed by atoms with van der Waals surface area (Å²) in [5.74, 6) is 0.246. The SMILES string of the molecule is CCOc1cc2c(cc1OCC)-c1cc(=O)c(C(=O)O)cn1[C@@H](CC)C2.CCOc1cc2c(cc1OCC)-c1cc(=O)c(C(=O)O)cn1[C@H](CC)C2. The number of ether oxygens (including phenoxy) is 4. The minimum absolute atomic E-state index is 0.0867. The summed E-state index contributed by atoms with van der Waals surface area (Å²) >= 11 is 0. The average molecular weight is 715 g/mol. The second kappa shape index (κ2) is 16.2. The molecule has 2 aromatic carbocycles. The number of hydrogen-bond donors (Lipinski definition) is 2. The Bertz CT molecular complexity index is 1950. The number of pyridine rings is 2. The number of carbonyl (C=O) groups is 2. The van der Waals surface area contributed by atoms with Crippen molar-refractivity contribution in [3.8, 4) is 45.5 Å². The van der Waals surface area contributed by atoms with E-state index in [-0.39, 0.29) is 23.2 Å². The predicted octanol–water partition coefficient (Wildman–Crippen LogP) is 7.04. The molecular formula is C40H46N2O10. The zero-order valence-electron chi connectivity index (χ0n) is 30.5. The fourth-order valence-electron chi connectivity index (χ4n) is 6.93. The van der Waals surface area contributed by atoms with Crippen molar-refractivity contribution in [1.82, 2.24) is 9.13 Å². The Kier molecular flexibility index (Phi) is 11.8. The molecule has 0 bridgehead atoms. The standard InChI is InChI=1S/2C20H23NO5/c2*1-4-13-7-12-8-18(25-5-2)19(26-6-3)9-14(12)16-10-17(22)15(20(23)24)11-21(13)16/h2*8-11,13H,4-7H2,1-3H3,(H,23,24)/t2*13-/m10/s1. The first-order valence-corrected chi connectivity index (χ1v) is 17.8. The molecule has 0 saturated heterocycles. The summed E-state index contributed by atoms with van der Waals surface area (Å²) in [7, 11) is 0. The molecule has 0 unspecified atom stereocenters. The number of carboxylic acids is 2. The normalized spacial score (nSPS) is 15.1. The van der Waals surface area contributed by atoms with Gasteiger partial charge in [-0.2, -0.15) is 0 Å². The van der Waals surface area contributed by atoms with E-state index in [4.69, 9.17) is 18.9 Å². The fourth-order valence-corrected chi connectivity index (χ4v) is 6.93. The Balaban J connectivity index is 0.000000201. The second-order valence-electron chi connectivity index (χ2n) is 12.5. The molecule has 0 saturated carbocycles. The van der Waals surface area contributed by atoms with Crippen molar-refractivity contribution in [2.45, 2.75) is 79.3 Å². The maximum absolute atomic E-state index is 12.3. The van der Waals surface area contributed by atoms with Gasteiger partial charge in [-0.1, -0.05) is 13.8 Å². The molecule has 0 amide bonds. The molecule has 2 aliphatic heterocycles. The van der Waals surface area contributed by atoms with Crippen molar-refractivity contribution in [3.05, 3.63) is 91.5 Å². The van der Waals surface area contributed by atoms with E-state index in [1.165, 1.54) is 24.5 Å². The van der Waals surface area contributed by atoms with Crippen molar-refractivity contribution in [2.75, 3.05) is 26.4 Å². The lowest BCUT2D eigenvalue weighted by molar-refractivity contribution is 0.0683. The quantitative estimate of drug-likeness (QED) is 0.156. The average Bonchev–Trinajstić information content (AvgIpc) is 3.11. The van der Waals surface area contributed by atoms with E-state index in [2.05, 4.69) is 13.8 Å². The first kappa shape index (κ1) is 37.7. The van der Waals surface area contributed by atoms with Gasteiger partial charge >= 0.3 is 11.9 Å². The molecule has 276 valence electrons. The van der Waals surface area contributed by atoms with E-state index in [9.17, 15) is 29.4 Å². The van der Waals surface area contributed by atoms with Gasteiger partial charge in [-0.3, -0.25) is 9.59 Å². The smallest absolute Gasteiger partial charge is 0.341 e. The maximum Gasteiger partial charge on any atom is 0.341 e. The predicted molar refractivity (Wildman–Crippen MR) is 197 cm³/mol. The van der Waals surface area contributed by atoms with E-state index in [1.807, 2.05) is 61.1 Å². The zero-order chi connectivity index (χ0) is 37.7. The molecule has 6 rings (SSSR count). The highest BCUT2D eigenvalue weighted by molar-refractivity contribution is 5.88. The summed E-state index contributed by atoms with van der Waals surface area (Å²) in [6, 6.07) is 10.7. The number of aromatic nitrogens is 2. The third kappa shape index (κ3) is 7.42. The van der Waals surface area contributed by atoms with Crippen LogP contribution in [0.4, 0.5) is 0 Å². The molecule has 2 atom stereocenters. The Morgan fingerprint density at radius 1 is 0.577 bits per heavy atom. The molecule has 0 radical (unpaired) electrons. The lowest BCUT2D eigenvalue weighted by atomic mass is 9.90.